The van der Waals surface area contributed by atoms with Gasteiger partial charge in [-0.3, -0.25) is 9.59 Å². The zero-order valence-electron chi connectivity index (χ0n) is 25.3. The Hall–Kier alpha value is -4.24. The van der Waals surface area contributed by atoms with Gasteiger partial charge in [-0.15, -0.1) is 0 Å². The highest BCUT2D eigenvalue weighted by atomic mass is 35.5. The first-order valence-electron chi connectivity index (χ1n) is 14.1. The van der Waals surface area contributed by atoms with E-state index in [1.165, 1.54) is 29.2 Å². The molecule has 3 atom stereocenters. The lowest BCUT2D eigenvalue weighted by Crippen LogP contribution is -2.55. The smallest absolute Gasteiger partial charge is 0.408 e. The number of rotatable bonds is 10. The molecule has 0 aliphatic rings. The Balaban J connectivity index is 2.12. The highest BCUT2D eigenvalue weighted by Gasteiger charge is 2.39. The molecule has 10 heteroatoms. The molecule has 3 amide bonds. The van der Waals surface area contributed by atoms with Crippen molar-refractivity contribution < 1.29 is 29.3 Å². The molecule has 3 aromatic carbocycles. The summed E-state index contributed by atoms with van der Waals surface area (Å²) in [5.74, 6) is -1.10. The number of ether oxygens (including phenoxy) is 1. The van der Waals surface area contributed by atoms with Crippen LogP contribution in [0, 0.1) is 6.92 Å². The third-order valence-electron chi connectivity index (χ3n) is 6.87. The molecule has 9 nitrogen and oxygen atoms in total. The van der Waals surface area contributed by atoms with Crippen molar-refractivity contribution in [1.29, 1.82) is 0 Å². The van der Waals surface area contributed by atoms with Crippen LogP contribution in [0.15, 0.2) is 66.7 Å². The molecule has 0 aliphatic heterocycles. The average Bonchev–Trinajstić information content (AvgIpc) is 2.92. The van der Waals surface area contributed by atoms with Crippen LogP contribution in [0.2, 0.25) is 5.02 Å². The number of aryl methyl sites for hydroxylation is 1. The molecule has 0 saturated heterocycles. The van der Waals surface area contributed by atoms with E-state index >= 15 is 0 Å². The number of hydrogen-bond acceptors (Lipinski definition) is 6. The van der Waals surface area contributed by atoms with Crippen molar-refractivity contribution in [3.05, 3.63) is 88.4 Å². The number of anilines is 1. The maximum atomic E-state index is 14.5. The summed E-state index contributed by atoms with van der Waals surface area (Å²) in [6, 6.07) is 14.9. The Morgan fingerprint density at radius 3 is 2.21 bits per heavy atom. The average molecular weight is 610 g/mol. The van der Waals surface area contributed by atoms with Gasteiger partial charge in [0, 0.05) is 12.5 Å². The van der Waals surface area contributed by atoms with Crippen molar-refractivity contribution in [1.82, 2.24) is 10.2 Å². The number of alkyl carbamates (subject to hydrolysis) is 1. The Bertz CT molecular complexity index is 1420. The summed E-state index contributed by atoms with van der Waals surface area (Å²) in [6.07, 6.45) is -0.250. The third-order valence-corrected chi connectivity index (χ3v) is 7.18. The zero-order valence-corrected chi connectivity index (χ0v) is 26.1. The summed E-state index contributed by atoms with van der Waals surface area (Å²) >= 11 is 6.43. The van der Waals surface area contributed by atoms with Crippen LogP contribution in [0.4, 0.5) is 10.5 Å². The van der Waals surface area contributed by atoms with E-state index < -0.39 is 41.6 Å². The number of halogens is 1. The van der Waals surface area contributed by atoms with Crippen LogP contribution in [0.1, 0.15) is 63.8 Å². The third kappa shape index (κ3) is 9.12. The highest BCUT2D eigenvalue weighted by Crippen LogP contribution is 2.32. The second-order valence-electron chi connectivity index (χ2n) is 11.5. The first kappa shape index (κ1) is 33.3. The topological polar surface area (TPSA) is 128 Å². The molecular formula is C33H40ClN3O6. The molecule has 0 spiro atoms. The van der Waals surface area contributed by atoms with Crippen LogP contribution in [0.5, 0.6) is 11.5 Å². The van der Waals surface area contributed by atoms with Gasteiger partial charge in [0.25, 0.3) is 5.91 Å². The number of nitrogens with zero attached hydrogens (tertiary/aromatic N) is 1. The van der Waals surface area contributed by atoms with E-state index in [1.807, 2.05) is 13.8 Å². The molecule has 0 aromatic heterocycles. The summed E-state index contributed by atoms with van der Waals surface area (Å²) < 4.78 is 5.47. The lowest BCUT2D eigenvalue weighted by Gasteiger charge is -2.38. The Morgan fingerprint density at radius 1 is 0.977 bits per heavy atom. The quantitative estimate of drug-likeness (QED) is 0.208. The van der Waals surface area contributed by atoms with Gasteiger partial charge in [-0.1, -0.05) is 54.9 Å². The molecule has 3 aromatic rings. The second-order valence-corrected chi connectivity index (χ2v) is 11.9. The fourth-order valence-electron chi connectivity index (χ4n) is 4.61. The van der Waals surface area contributed by atoms with Crippen LogP contribution in [0.3, 0.4) is 0 Å². The van der Waals surface area contributed by atoms with Crippen molar-refractivity contribution in [3.8, 4) is 11.5 Å². The van der Waals surface area contributed by atoms with Gasteiger partial charge in [0.2, 0.25) is 5.91 Å². The summed E-state index contributed by atoms with van der Waals surface area (Å²) in [7, 11) is 0. The molecular weight excluding hydrogens is 570 g/mol. The maximum Gasteiger partial charge on any atom is 0.408 e. The highest BCUT2D eigenvalue weighted by molar-refractivity contribution is 6.34. The number of amides is 3. The van der Waals surface area contributed by atoms with E-state index in [4.69, 9.17) is 16.3 Å². The number of aromatic hydroxyl groups is 2. The Labute approximate surface area is 257 Å². The summed E-state index contributed by atoms with van der Waals surface area (Å²) in [4.78, 5) is 43.1. The van der Waals surface area contributed by atoms with Crippen molar-refractivity contribution in [3.63, 3.8) is 0 Å². The maximum absolute atomic E-state index is 14.5. The van der Waals surface area contributed by atoms with Crippen molar-refractivity contribution in [2.75, 3.05) is 5.32 Å². The summed E-state index contributed by atoms with van der Waals surface area (Å²) in [5.41, 5.74) is 1.36. The van der Waals surface area contributed by atoms with Crippen molar-refractivity contribution in [2.24, 2.45) is 0 Å². The van der Waals surface area contributed by atoms with Crippen LogP contribution in [0.25, 0.3) is 0 Å². The monoisotopic (exact) mass is 609 g/mol. The first-order chi connectivity index (χ1) is 20.2. The lowest BCUT2D eigenvalue weighted by molar-refractivity contribution is -0.143. The normalized spacial score (nSPS) is 13.4. The molecule has 0 radical (unpaired) electrons. The summed E-state index contributed by atoms with van der Waals surface area (Å²) in [5, 5.41) is 26.0. The minimum atomic E-state index is -1.20. The van der Waals surface area contributed by atoms with Gasteiger partial charge >= 0.3 is 6.09 Å². The molecule has 0 aliphatic carbocycles. The van der Waals surface area contributed by atoms with Gasteiger partial charge in [-0.25, -0.2) is 4.79 Å². The lowest BCUT2D eigenvalue weighted by atomic mass is 9.97. The fourth-order valence-corrected chi connectivity index (χ4v) is 4.88. The summed E-state index contributed by atoms with van der Waals surface area (Å²) in [6.45, 7) is 10.7. The predicted molar refractivity (Wildman–Crippen MR) is 167 cm³/mol. The number of carbonyl (C=O) groups excluding carboxylic acids is 3. The van der Waals surface area contributed by atoms with Crippen molar-refractivity contribution in [2.45, 2.75) is 78.1 Å². The fraction of sp³-hybridized carbons (Fsp3) is 0.364. The molecule has 4 N–H and O–H groups in total. The first-order valence-corrected chi connectivity index (χ1v) is 14.5. The SMILES string of the molecule is CCC(C)N(C(=O)C(Cc1ccc(O)cc1)NC(=O)OC(C)(C)C)C(C(=O)Nc1c(C)cccc1Cl)c1cccc(O)c1. The van der Waals surface area contributed by atoms with Gasteiger partial charge in [-0.05, 0) is 88.1 Å². The van der Waals surface area contributed by atoms with Crippen LogP contribution in [-0.4, -0.2) is 50.7 Å². The standard InChI is InChI=1S/C33H40ClN3O6/c1-7-21(3)37(31(41)27(35-32(42)43-33(4,5)6)18-22-14-16-24(38)17-15-22)29(23-11-9-12-25(39)19-23)30(40)36-28-20(2)10-8-13-26(28)34/h8-17,19,21,27,29,38-39H,7,18H2,1-6H3,(H,35,42)(H,36,40). The molecule has 230 valence electrons. The number of carbonyl (C=O) groups is 3. The van der Waals surface area contributed by atoms with Crippen LogP contribution < -0.4 is 10.6 Å². The molecule has 43 heavy (non-hydrogen) atoms. The molecule has 3 rings (SSSR count). The largest absolute Gasteiger partial charge is 0.508 e. The number of phenolic OH excluding ortho intramolecular Hbond substituents is 2. The Kier molecular flexibility index (Phi) is 11.1. The molecule has 0 bridgehead atoms. The van der Waals surface area contributed by atoms with Gasteiger partial charge < -0.3 is 30.5 Å². The number of benzene rings is 3. The van der Waals surface area contributed by atoms with Crippen molar-refractivity contribution >= 4 is 35.2 Å². The second kappa shape index (κ2) is 14.3. The van der Waals surface area contributed by atoms with Gasteiger partial charge in [0.05, 0.1) is 10.7 Å². The van der Waals surface area contributed by atoms with E-state index in [0.29, 0.717) is 28.3 Å². The molecule has 0 saturated carbocycles. The van der Waals surface area contributed by atoms with Crippen LogP contribution >= 0.6 is 11.6 Å². The zero-order chi connectivity index (χ0) is 31.9. The minimum absolute atomic E-state index is 0.0587. The van der Waals surface area contributed by atoms with Gasteiger partial charge in [0.1, 0.15) is 29.2 Å². The van der Waals surface area contributed by atoms with Gasteiger partial charge in [0.15, 0.2) is 0 Å². The number of nitrogens with one attached hydrogen (secondary N) is 2. The number of hydrogen-bond donors (Lipinski definition) is 4. The molecule has 0 fully saturated rings. The van der Waals surface area contributed by atoms with E-state index in [1.54, 1.807) is 70.2 Å². The minimum Gasteiger partial charge on any atom is -0.508 e. The number of para-hydroxylation sites is 1. The van der Waals surface area contributed by atoms with Gasteiger partial charge in [-0.2, -0.15) is 0 Å². The van der Waals surface area contributed by atoms with Crippen LogP contribution in [-0.2, 0) is 20.7 Å². The van der Waals surface area contributed by atoms with E-state index in [2.05, 4.69) is 10.6 Å². The van der Waals surface area contributed by atoms with E-state index in [0.717, 1.165) is 5.56 Å². The van der Waals surface area contributed by atoms with E-state index in [9.17, 15) is 24.6 Å². The molecule has 3 unspecified atom stereocenters. The molecule has 0 heterocycles. The predicted octanol–water partition coefficient (Wildman–Crippen LogP) is 6.50. The van der Waals surface area contributed by atoms with E-state index in [-0.39, 0.29) is 17.9 Å². The number of phenols is 2. The Morgan fingerprint density at radius 2 is 1.63 bits per heavy atom.